The third-order valence-corrected chi connectivity index (χ3v) is 7.43. The summed E-state index contributed by atoms with van der Waals surface area (Å²) in [5.41, 5.74) is 0.608. The van der Waals surface area contributed by atoms with E-state index in [4.69, 9.17) is 4.74 Å². The number of ether oxygens (including phenoxy) is 1. The topological polar surface area (TPSA) is 29.5 Å². The van der Waals surface area contributed by atoms with E-state index in [-0.39, 0.29) is 30.1 Å². The van der Waals surface area contributed by atoms with E-state index in [2.05, 4.69) is 20.9 Å². The molecule has 0 aromatic rings. The number of hydrogen-bond donors (Lipinski definition) is 1. The summed E-state index contributed by atoms with van der Waals surface area (Å²) in [6, 6.07) is 0. The molecule has 4 rings (SSSR count). The SMILES string of the molecule is CC[N+](C)(CC)CC(O)COCCC12CC3CC(CC(C3)C1)C2.[I-]. The third kappa shape index (κ3) is 4.86. The lowest BCUT2D eigenvalue weighted by Crippen LogP contribution is -3.00. The Morgan fingerprint density at radius 2 is 1.54 bits per heavy atom. The van der Waals surface area contributed by atoms with Crippen molar-refractivity contribution in [2.24, 2.45) is 23.2 Å². The van der Waals surface area contributed by atoms with E-state index in [0.717, 1.165) is 48.5 Å². The molecular weight excluding hydrogens is 413 g/mol. The van der Waals surface area contributed by atoms with Gasteiger partial charge in [0.05, 0.1) is 26.7 Å². The van der Waals surface area contributed by atoms with E-state index in [0.29, 0.717) is 12.0 Å². The maximum atomic E-state index is 10.3. The zero-order valence-electron chi connectivity index (χ0n) is 16.0. The van der Waals surface area contributed by atoms with Gasteiger partial charge < -0.3 is 38.3 Å². The van der Waals surface area contributed by atoms with Crippen LogP contribution in [-0.2, 0) is 4.74 Å². The molecule has 4 fully saturated rings. The van der Waals surface area contributed by atoms with E-state index < -0.39 is 0 Å². The van der Waals surface area contributed by atoms with Crippen LogP contribution in [-0.4, -0.2) is 55.6 Å². The Hall–Kier alpha value is 0.610. The summed E-state index contributed by atoms with van der Waals surface area (Å²) in [7, 11) is 2.22. The summed E-state index contributed by atoms with van der Waals surface area (Å²) < 4.78 is 6.84. The lowest BCUT2D eigenvalue weighted by Gasteiger charge is -2.57. The smallest absolute Gasteiger partial charge is 0.126 e. The lowest BCUT2D eigenvalue weighted by atomic mass is 9.49. The van der Waals surface area contributed by atoms with Gasteiger partial charge in [-0.25, -0.2) is 0 Å². The zero-order chi connectivity index (χ0) is 16.5. The lowest BCUT2D eigenvalue weighted by molar-refractivity contribution is -0.909. The molecular formula is C20H38INO2. The van der Waals surface area contributed by atoms with Gasteiger partial charge in [0.2, 0.25) is 0 Å². The van der Waals surface area contributed by atoms with Crippen molar-refractivity contribution in [3.8, 4) is 0 Å². The molecule has 0 radical (unpaired) electrons. The Balaban J connectivity index is 0.00000208. The molecule has 4 saturated carbocycles. The van der Waals surface area contributed by atoms with Gasteiger partial charge in [-0.15, -0.1) is 0 Å². The summed E-state index contributed by atoms with van der Waals surface area (Å²) >= 11 is 0. The molecule has 3 nitrogen and oxygen atoms in total. The molecule has 0 spiro atoms. The molecule has 4 aliphatic carbocycles. The van der Waals surface area contributed by atoms with Crippen molar-refractivity contribution >= 4 is 0 Å². The minimum Gasteiger partial charge on any atom is -1.00 e. The third-order valence-electron chi connectivity index (χ3n) is 7.43. The van der Waals surface area contributed by atoms with Crippen LogP contribution in [0.1, 0.15) is 58.8 Å². The standard InChI is InChI=1S/C20H38NO2.HI/c1-4-21(3,5-2)14-19(22)15-23-7-6-20-11-16-8-17(12-20)10-18(9-16)13-20;/h16-19,22H,4-15H2,1-3H3;1H/q+1;/p-1. The first kappa shape index (κ1) is 20.9. The number of nitrogens with zero attached hydrogens (tertiary/aromatic N) is 1. The number of aliphatic hydroxyl groups excluding tert-OH is 1. The van der Waals surface area contributed by atoms with Gasteiger partial charge in [-0.2, -0.15) is 0 Å². The fourth-order valence-corrected chi connectivity index (χ4v) is 6.15. The van der Waals surface area contributed by atoms with Crippen molar-refractivity contribution in [3.05, 3.63) is 0 Å². The summed E-state index contributed by atoms with van der Waals surface area (Å²) in [6.45, 7) is 8.71. The van der Waals surface area contributed by atoms with E-state index >= 15 is 0 Å². The maximum absolute atomic E-state index is 10.3. The molecule has 0 aliphatic heterocycles. The Bertz CT molecular complexity index is 362. The maximum Gasteiger partial charge on any atom is 0.126 e. The Labute approximate surface area is 166 Å². The van der Waals surface area contributed by atoms with Crippen molar-refractivity contribution in [1.29, 1.82) is 0 Å². The molecule has 1 unspecified atom stereocenters. The molecule has 1 atom stereocenters. The molecule has 1 N–H and O–H groups in total. The number of aliphatic hydroxyl groups is 1. The van der Waals surface area contributed by atoms with Gasteiger partial charge in [0, 0.05) is 6.61 Å². The minimum absolute atomic E-state index is 0. The highest BCUT2D eigenvalue weighted by Gasteiger charge is 2.50. The molecule has 4 aliphatic rings. The first-order valence-electron chi connectivity index (χ1n) is 10.1. The van der Waals surface area contributed by atoms with E-state index in [1.54, 1.807) is 0 Å². The van der Waals surface area contributed by atoms with Crippen LogP contribution in [0.2, 0.25) is 0 Å². The van der Waals surface area contributed by atoms with E-state index in [1.807, 2.05) is 0 Å². The van der Waals surface area contributed by atoms with Gasteiger partial charge in [-0.1, -0.05) is 0 Å². The van der Waals surface area contributed by atoms with Crippen LogP contribution >= 0.6 is 0 Å². The predicted octanol–water partition coefficient (Wildman–Crippen LogP) is 0.461. The molecule has 0 heterocycles. The summed E-state index contributed by atoms with van der Waals surface area (Å²) in [5, 5.41) is 10.3. The number of hydrogen-bond acceptors (Lipinski definition) is 2. The van der Waals surface area contributed by atoms with Crippen molar-refractivity contribution in [2.45, 2.75) is 64.9 Å². The second-order valence-corrected chi connectivity index (χ2v) is 9.33. The molecule has 4 heteroatoms. The summed E-state index contributed by atoms with van der Waals surface area (Å²) in [6.07, 6.45) is 9.85. The monoisotopic (exact) mass is 451 g/mol. The van der Waals surface area contributed by atoms with Gasteiger partial charge >= 0.3 is 0 Å². The van der Waals surface area contributed by atoms with Gasteiger partial charge in [0.25, 0.3) is 0 Å². The van der Waals surface area contributed by atoms with Gasteiger partial charge in [-0.3, -0.25) is 0 Å². The molecule has 0 aromatic carbocycles. The van der Waals surface area contributed by atoms with Crippen molar-refractivity contribution in [2.75, 3.05) is 39.9 Å². The van der Waals surface area contributed by atoms with Gasteiger partial charge in [0.15, 0.2) is 0 Å². The zero-order valence-corrected chi connectivity index (χ0v) is 18.1. The van der Waals surface area contributed by atoms with Crippen LogP contribution in [0.3, 0.4) is 0 Å². The highest BCUT2D eigenvalue weighted by molar-refractivity contribution is 5.01. The number of halogens is 1. The second kappa shape index (κ2) is 8.53. The molecule has 0 saturated heterocycles. The highest BCUT2D eigenvalue weighted by Crippen LogP contribution is 2.61. The quantitative estimate of drug-likeness (QED) is 0.314. The Kier molecular flexibility index (Phi) is 7.44. The summed E-state index contributed by atoms with van der Waals surface area (Å²) in [4.78, 5) is 0. The first-order chi connectivity index (χ1) is 11.0. The number of rotatable bonds is 9. The Morgan fingerprint density at radius 3 is 2.00 bits per heavy atom. The van der Waals surface area contributed by atoms with E-state index in [1.165, 1.54) is 44.9 Å². The van der Waals surface area contributed by atoms with Gasteiger partial charge in [-0.05, 0) is 82.0 Å². The molecule has 0 amide bonds. The largest absolute Gasteiger partial charge is 1.00 e. The fraction of sp³-hybridized carbons (Fsp3) is 1.00. The van der Waals surface area contributed by atoms with Crippen LogP contribution in [0.5, 0.6) is 0 Å². The molecule has 142 valence electrons. The van der Waals surface area contributed by atoms with Crippen molar-refractivity contribution in [3.63, 3.8) is 0 Å². The van der Waals surface area contributed by atoms with Crippen LogP contribution in [0.4, 0.5) is 0 Å². The Morgan fingerprint density at radius 1 is 1.04 bits per heavy atom. The highest BCUT2D eigenvalue weighted by atomic mass is 127. The van der Waals surface area contributed by atoms with Crippen LogP contribution in [0, 0.1) is 23.2 Å². The second-order valence-electron chi connectivity index (χ2n) is 9.33. The van der Waals surface area contributed by atoms with Crippen LogP contribution in [0.25, 0.3) is 0 Å². The normalized spacial score (nSPS) is 35.8. The molecule has 4 bridgehead atoms. The van der Waals surface area contributed by atoms with E-state index in [9.17, 15) is 5.11 Å². The average Bonchev–Trinajstić information content (AvgIpc) is 2.50. The van der Waals surface area contributed by atoms with Crippen molar-refractivity contribution < 1.29 is 38.3 Å². The molecule has 0 aromatic heterocycles. The average molecular weight is 451 g/mol. The minimum atomic E-state index is -0.323. The predicted molar refractivity (Wildman–Crippen MR) is 94.2 cm³/mol. The van der Waals surface area contributed by atoms with Crippen LogP contribution < -0.4 is 24.0 Å². The van der Waals surface area contributed by atoms with Crippen LogP contribution in [0.15, 0.2) is 0 Å². The fourth-order valence-electron chi connectivity index (χ4n) is 6.15. The number of quaternary nitrogens is 1. The first-order valence-corrected chi connectivity index (χ1v) is 10.1. The molecule has 24 heavy (non-hydrogen) atoms. The number of likely N-dealkylation sites (N-methyl/N-ethyl adjacent to an activating group) is 1. The van der Waals surface area contributed by atoms with Crippen molar-refractivity contribution in [1.82, 2.24) is 0 Å². The summed E-state index contributed by atoms with van der Waals surface area (Å²) in [5.74, 6) is 3.08. The van der Waals surface area contributed by atoms with Gasteiger partial charge in [0.1, 0.15) is 12.6 Å².